The highest BCUT2D eigenvalue weighted by molar-refractivity contribution is 5.94. The second-order valence-corrected chi connectivity index (χ2v) is 3.57. The zero-order valence-electron chi connectivity index (χ0n) is 9.18. The highest BCUT2D eigenvalue weighted by atomic mass is 16.3. The molecule has 0 radical (unpaired) electrons. The summed E-state index contributed by atoms with van der Waals surface area (Å²) in [5, 5.41) is 11.7. The minimum atomic E-state index is -0.184. The van der Waals surface area contributed by atoms with Gasteiger partial charge >= 0.3 is 0 Å². The van der Waals surface area contributed by atoms with Crippen molar-refractivity contribution >= 4 is 5.91 Å². The molecule has 2 rings (SSSR count). The van der Waals surface area contributed by atoms with Crippen LogP contribution in [0.25, 0.3) is 0 Å². The quantitative estimate of drug-likeness (QED) is 0.729. The number of amides is 1. The van der Waals surface area contributed by atoms with E-state index in [4.69, 9.17) is 5.11 Å². The first-order chi connectivity index (χ1) is 8.29. The maximum Gasteiger partial charge on any atom is 0.251 e. The molecule has 0 bridgehead atoms. The van der Waals surface area contributed by atoms with Gasteiger partial charge in [0, 0.05) is 23.7 Å². The van der Waals surface area contributed by atoms with Crippen molar-refractivity contribution in [3.8, 4) is 0 Å². The number of rotatable bonds is 4. The normalized spacial score (nSPS) is 10.2. The van der Waals surface area contributed by atoms with Crippen LogP contribution in [0.3, 0.4) is 0 Å². The topological polar surface area (TPSA) is 78.0 Å². The summed E-state index contributed by atoms with van der Waals surface area (Å²) in [6, 6.07) is 6.96. The average Bonchev–Trinajstić information content (AvgIpc) is 2.89. The number of nitrogens with one attached hydrogen (secondary N) is 2. The predicted molar refractivity (Wildman–Crippen MR) is 62.1 cm³/mol. The van der Waals surface area contributed by atoms with Crippen molar-refractivity contribution in [3.05, 3.63) is 53.6 Å². The number of hydrogen-bond acceptors (Lipinski definition) is 3. The number of aliphatic hydroxyl groups excluding tert-OH is 1. The summed E-state index contributed by atoms with van der Waals surface area (Å²) < 4.78 is 0. The predicted octanol–water partition coefficient (Wildman–Crippen LogP) is 0.832. The van der Waals surface area contributed by atoms with E-state index >= 15 is 0 Å². The number of H-pyrrole nitrogens is 1. The van der Waals surface area contributed by atoms with E-state index in [1.165, 1.54) is 6.20 Å². The fraction of sp³-hybridized carbons (Fsp3) is 0.167. The molecule has 2 aromatic heterocycles. The van der Waals surface area contributed by atoms with E-state index in [2.05, 4.69) is 15.3 Å². The molecule has 0 fully saturated rings. The van der Waals surface area contributed by atoms with E-state index in [1.54, 1.807) is 18.3 Å². The molecule has 2 aromatic rings. The molecular weight excluding hydrogens is 218 g/mol. The smallest absolute Gasteiger partial charge is 0.251 e. The number of aromatic nitrogens is 2. The molecule has 0 saturated carbocycles. The van der Waals surface area contributed by atoms with Gasteiger partial charge in [-0.2, -0.15) is 0 Å². The number of aliphatic hydroxyl groups is 1. The van der Waals surface area contributed by atoms with Crippen LogP contribution in [0.15, 0.2) is 36.7 Å². The molecule has 0 atom stereocenters. The third-order valence-electron chi connectivity index (χ3n) is 2.34. The van der Waals surface area contributed by atoms with Gasteiger partial charge in [-0.05, 0) is 24.3 Å². The summed E-state index contributed by atoms with van der Waals surface area (Å²) in [5.41, 5.74) is 1.92. The van der Waals surface area contributed by atoms with Crippen LogP contribution in [-0.4, -0.2) is 21.0 Å². The lowest BCUT2D eigenvalue weighted by Crippen LogP contribution is -2.23. The average molecular weight is 231 g/mol. The first kappa shape index (κ1) is 11.3. The molecule has 0 aromatic carbocycles. The molecule has 1 amide bonds. The molecule has 2 heterocycles. The van der Waals surface area contributed by atoms with E-state index in [-0.39, 0.29) is 12.5 Å². The Hall–Kier alpha value is -2.14. The Balaban J connectivity index is 1.99. The molecule has 0 aliphatic rings. The van der Waals surface area contributed by atoms with Gasteiger partial charge in [0.05, 0.1) is 18.8 Å². The molecule has 17 heavy (non-hydrogen) atoms. The Bertz CT molecular complexity index is 494. The lowest BCUT2D eigenvalue weighted by molar-refractivity contribution is 0.0950. The van der Waals surface area contributed by atoms with Crippen LogP contribution in [0, 0.1) is 0 Å². The van der Waals surface area contributed by atoms with Crippen LogP contribution < -0.4 is 5.32 Å². The summed E-state index contributed by atoms with van der Waals surface area (Å²) in [5.74, 6) is -0.184. The number of carbonyl (C=O) groups excluding carboxylic acids is 1. The van der Waals surface area contributed by atoms with Crippen LogP contribution in [0.5, 0.6) is 0 Å². The number of carbonyl (C=O) groups is 1. The maximum absolute atomic E-state index is 11.8. The third kappa shape index (κ3) is 2.92. The zero-order chi connectivity index (χ0) is 12.1. The van der Waals surface area contributed by atoms with Crippen LogP contribution in [-0.2, 0) is 13.2 Å². The van der Waals surface area contributed by atoms with Gasteiger partial charge in [0.15, 0.2) is 0 Å². The summed E-state index contributed by atoms with van der Waals surface area (Å²) in [7, 11) is 0. The molecule has 0 unspecified atom stereocenters. The highest BCUT2D eigenvalue weighted by Crippen LogP contribution is 2.02. The fourth-order valence-electron chi connectivity index (χ4n) is 1.46. The van der Waals surface area contributed by atoms with Gasteiger partial charge in [0.2, 0.25) is 0 Å². The lowest BCUT2D eigenvalue weighted by Gasteiger charge is -2.04. The Morgan fingerprint density at radius 1 is 1.47 bits per heavy atom. The van der Waals surface area contributed by atoms with Crippen molar-refractivity contribution in [2.75, 3.05) is 0 Å². The van der Waals surface area contributed by atoms with Crippen molar-refractivity contribution in [1.82, 2.24) is 15.3 Å². The lowest BCUT2D eigenvalue weighted by atomic mass is 10.2. The third-order valence-corrected chi connectivity index (χ3v) is 2.34. The maximum atomic E-state index is 11.8. The molecular formula is C12H13N3O2. The monoisotopic (exact) mass is 231 g/mol. The van der Waals surface area contributed by atoms with Gasteiger partial charge in [-0.1, -0.05) is 0 Å². The molecule has 0 aliphatic carbocycles. The Morgan fingerprint density at radius 3 is 3.06 bits per heavy atom. The highest BCUT2D eigenvalue weighted by Gasteiger charge is 2.06. The van der Waals surface area contributed by atoms with Crippen LogP contribution in [0.1, 0.15) is 21.7 Å². The van der Waals surface area contributed by atoms with E-state index in [0.29, 0.717) is 17.8 Å². The van der Waals surface area contributed by atoms with Gasteiger partial charge in [-0.3, -0.25) is 9.78 Å². The number of hydrogen-bond donors (Lipinski definition) is 3. The zero-order valence-corrected chi connectivity index (χ0v) is 9.18. The molecule has 0 spiro atoms. The van der Waals surface area contributed by atoms with Crippen LogP contribution >= 0.6 is 0 Å². The van der Waals surface area contributed by atoms with Crippen LogP contribution in [0.2, 0.25) is 0 Å². The summed E-state index contributed by atoms with van der Waals surface area (Å²) in [6.07, 6.45) is 3.31. The van der Waals surface area contributed by atoms with Gasteiger partial charge in [0.1, 0.15) is 0 Å². The molecule has 0 aliphatic heterocycles. The first-order valence-electron chi connectivity index (χ1n) is 5.26. The van der Waals surface area contributed by atoms with E-state index in [1.807, 2.05) is 12.1 Å². The van der Waals surface area contributed by atoms with Gasteiger partial charge in [0.25, 0.3) is 5.91 Å². The second-order valence-electron chi connectivity index (χ2n) is 3.57. The van der Waals surface area contributed by atoms with Gasteiger partial charge in [-0.15, -0.1) is 0 Å². The van der Waals surface area contributed by atoms with Crippen LogP contribution in [0.4, 0.5) is 0 Å². The molecule has 88 valence electrons. The molecule has 5 heteroatoms. The molecule has 3 N–H and O–H groups in total. The van der Waals surface area contributed by atoms with Gasteiger partial charge < -0.3 is 15.4 Å². The Morgan fingerprint density at radius 2 is 2.35 bits per heavy atom. The Kier molecular flexibility index (Phi) is 3.52. The fourth-order valence-corrected chi connectivity index (χ4v) is 1.46. The van der Waals surface area contributed by atoms with E-state index in [0.717, 1.165) is 5.69 Å². The van der Waals surface area contributed by atoms with Crippen molar-refractivity contribution in [3.63, 3.8) is 0 Å². The number of pyridine rings is 1. The molecule has 0 saturated heterocycles. The Labute approximate surface area is 98.5 Å². The minimum absolute atomic E-state index is 0.169. The van der Waals surface area contributed by atoms with Crippen molar-refractivity contribution in [2.24, 2.45) is 0 Å². The standard InChI is InChI=1S/C12H13N3O2/c16-8-11-6-9(3-5-14-11)12(17)15-7-10-2-1-4-13-10/h1-6,13,16H,7-8H2,(H,15,17). The summed E-state index contributed by atoms with van der Waals surface area (Å²) in [6.45, 7) is 0.278. The number of nitrogens with zero attached hydrogens (tertiary/aromatic N) is 1. The van der Waals surface area contributed by atoms with Gasteiger partial charge in [-0.25, -0.2) is 0 Å². The van der Waals surface area contributed by atoms with E-state index < -0.39 is 0 Å². The summed E-state index contributed by atoms with van der Waals surface area (Å²) >= 11 is 0. The van der Waals surface area contributed by atoms with Crippen molar-refractivity contribution in [2.45, 2.75) is 13.2 Å². The summed E-state index contributed by atoms with van der Waals surface area (Å²) in [4.78, 5) is 18.7. The first-order valence-corrected chi connectivity index (χ1v) is 5.26. The number of aromatic amines is 1. The second kappa shape index (κ2) is 5.27. The molecule has 5 nitrogen and oxygen atoms in total. The minimum Gasteiger partial charge on any atom is -0.390 e. The van der Waals surface area contributed by atoms with E-state index in [9.17, 15) is 4.79 Å². The SMILES string of the molecule is O=C(NCc1ccc[nH]1)c1ccnc(CO)c1. The van der Waals surface area contributed by atoms with Crippen molar-refractivity contribution in [1.29, 1.82) is 0 Å². The van der Waals surface area contributed by atoms with Crippen molar-refractivity contribution < 1.29 is 9.90 Å². The largest absolute Gasteiger partial charge is 0.390 e.